The van der Waals surface area contributed by atoms with Gasteiger partial charge in [-0.2, -0.15) is 0 Å². The second-order valence-corrected chi connectivity index (χ2v) is 6.31. The predicted molar refractivity (Wildman–Crippen MR) is 90.7 cm³/mol. The van der Waals surface area contributed by atoms with Gasteiger partial charge in [-0.25, -0.2) is 0 Å². The summed E-state index contributed by atoms with van der Waals surface area (Å²) in [4.78, 5) is 25.5. The molecule has 2 rings (SSSR count). The highest BCUT2D eigenvalue weighted by atomic mass is 32.1. The van der Waals surface area contributed by atoms with Crippen molar-refractivity contribution in [2.45, 2.75) is 27.2 Å². The molecule has 0 radical (unpaired) electrons. The Bertz CT molecular complexity index is 710. The minimum Gasteiger partial charge on any atom is -0.484 e. The molecule has 0 aliphatic rings. The summed E-state index contributed by atoms with van der Waals surface area (Å²) in [6, 6.07) is 9.25. The molecular weight excluding hydrogens is 312 g/mol. The molecule has 1 aromatic heterocycles. The molecule has 0 unspecified atom stereocenters. The van der Waals surface area contributed by atoms with Gasteiger partial charge in [-0.05, 0) is 49.6 Å². The van der Waals surface area contributed by atoms with E-state index in [2.05, 4.69) is 10.9 Å². The first kappa shape index (κ1) is 17.0. The van der Waals surface area contributed by atoms with Gasteiger partial charge in [0, 0.05) is 4.88 Å². The minimum atomic E-state index is -0.413. The third-order valence-electron chi connectivity index (χ3n) is 3.24. The van der Waals surface area contributed by atoms with Crippen molar-refractivity contribution in [2.75, 3.05) is 6.61 Å². The molecule has 0 atom stereocenters. The number of nitrogens with one attached hydrogen (secondary N) is 2. The number of carbonyl (C=O) groups is 2. The van der Waals surface area contributed by atoms with Crippen LogP contribution in [0.2, 0.25) is 0 Å². The van der Waals surface area contributed by atoms with Crippen LogP contribution in [-0.4, -0.2) is 18.4 Å². The summed E-state index contributed by atoms with van der Waals surface area (Å²) in [6.45, 7) is 5.81. The Labute approximate surface area is 139 Å². The SMILES string of the molecule is CCc1sc(C(=O)NNC(=O)COc2cccc(C)c2)cc1C. The van der Waals surface area contributed by atoms with Gasteiger partial charge in [0.15, 0.2) is 6.61 Å². The maximum atomic E-state index is 12.0. The molecule has 2 N–H and O–H groups in total. The number of hydrazine groups is 1. The normalized spacial score (nSPS) is 10.2. The molecule has 5 nitrogen and oxygen atoms in total. The molecule has 0 fully saturated rings. The number of aryl methyl sites for hydroxylation is 3. The first-order valence-electron chi connectivity index (χ1n) is 7.37. The molecule has 0 aliphatic carbocycles. The van der Waals surface area contributed by atoms with Crippen LogP contribution >= 0.6 is 11.3 Å². The Kier molecular flexibility index (Phi) is 5.76. The highest BCUT2D eigenvalue weighted by molar-refractivity contribution is 7.14. The van der Waals surface area contributed by atoms with Gasteiger partial charge in [0.05, 0.1) is 4.88 Å². The van der Waals surface area contributed by atoms with Gasteiger partial charge in [-0.3, -0.25) is 20.4 Å². The van der Waals surface area contributed by atoms with Crippen LogP contribution in [0.4, 0.5) is 0 Å². The molecule has 0 aliphatic heterocycles. The van der Waals surface area contributed by atoms with Crippen molar-refractivity contribution >= 4 is 23.2 Å². The standard InChI is InChI=1S/C17H20N2O3S/c1-4-14-12(3)9-15(23-14)17(21)19-18-16(20)10-22-13-7-5-6-11(2)8-13/h5-9H,4,10H2,1-3H3,(H,18,20)(H,19,21). The van der Waals surface area contributed by atoms with E-state index in [0.29, 0.717) is 10.6 Å². The number of thiophene rings is 1. The average molecular weight is 332 g/mol. The van der Waals surface area contributed by atoms with Crippen molar-refractivity contribution in [3.05, 3.63) is 51.2 Å². The second-order valence-electron chi connectivity index (χ2n) is 5.18. The fraction of sp³-hybridized carbons (Fsp3) is 0.294. The predicted octanol–water partition coefficient (Wildman–Crippen LogP) is 2.77. The fourth-order valence-corrected chi connectivity index (χ4v) is 3.07. The lowest BCUT2D eigenvalue weighted by Crippen LogP contribution is -2.43. The number of benzene rings is 1. The van der Waals surface area contributed by atoms with Gasteiger partial charge in [-0.1, -0.05) is 19.1 Å². The van der Waals surface area contributed by atoms with Crippen LogP contribution < -0.4 is 15.6 Å². The van der Waals surface area contributed by atoms with Gasteiger partial charge >= 0.3 is 0 Å². The number of amides is 2. The van der Waals surface area contributed by atoms with Crippen molar-refractivity contribution in [3.63, 3.8) is 0 Å². The maximum Gasteiger partial charge on any atom is 0.279 e. The monoisotopic (exact) mass is 332 g/mol. The summed E-state index contributed by atoms with van der Waals surface area (Å²) in [7, 11) is 0. The van der Waals surface area contributed by atoms with E-state index in [1.54, 1.807) is 6.07 Å². The molecule has 1 heterocycles. The first-order valence-corrected chi connectivity index (χ1v) is 8.19. The lowest BCUT2D eigenvalue weighted by molar-refractivity contribution is -0.123. The third-order valence-corrected chi connectivity index (χ3v) is 4.62. The van der Waals surface area contributed by atoms with E-state index in [9.17, 15) is 9.59 Å². The van der Waals surface area contributed by atoms with Gasteiger partial charge in [0.1, 0.15) is 5.75 Å². The summed E-state index contributed by atoms with van der Waals surface area (Å²) in [5.41, 5.74) is 6.90. The molecule has 122 valence electrons. The number of ether oxygens (including phenoxy) is 1. The zero-order valence-corrected chi connectivity index (χ0v) is 14.3. The first-order chi connectivity index (χ1) is 11.0. The molecule has 0 spiro atoms. The van der Waals surface area contributed by atoms with Gasteiger partial charge in [0.25, 0.3) is 11.8 Å². The zero-order valence-electron chi connectivity index (χ0n) is 13.4. The molecule has 1 aromatic carbocycles. The summed E-state index contributed by atoms with van der Waals surface area (Å²) in [5.74, 6) is -0.112. The van der Waals surface area contributed by atoms with Crippen LogP contribution in [0.5, 0.6) is 5.75 Å². The van der Waals surface area contributed by atoms with Crippen LogP contribution in [0.15, 0.2) is 30.3 Å². The van der Waals surface area contributed by atoms with Crippen molar-refractivity contribution in [3.8, 4) is 5.75 Å². The summed E-state index contributed by atoms with van der Waals surface area (Å²) in [6.07, 6.45) is 0.889. The van der Waals surface area contributed by atoms with E-state index in [4.69, 9.17) is 4.74 Å². The van der Waals surface area contributed by atoms with Crippen molar-refractivity contribution in [1.29, 1.82) is 0 Å². The van der Waals surface area contributed by atoms with Crippen LogP contribution in [0, 0.1) is 13.8 Å². The molecule has 2 amide bonds. The second kappa shape index (κ2) is 7.78. The largest absolute Gasteiger partial charge is 0.484 e. The van der Waals surface area contributed by atoms with E-state index >= 15 is 0 Å². The molecule has 0 saturated carbocycles. The maximum absolute atomic E-state index is 12.0. The molecule has 0 bridgehead atoms. The van der Waals surface area contributed by atoms with E-state index < -0.39 is 5.91 Å². The van der Waals surface area contributed by atoms with Crippen molar-refractivity contribution in [1.82, 2.24) is 10.9 Å². The molecule has 2 aromatic rings. The lowest BCUT2D eigenvalue weighted by atomic mass is 10.2. The average Bonchev–Trinajstić information content (AvgIpc) is 2.91. The Morgan fingerprint density at radius 1 is 1.17 bits per heavy atom. The highest BCUT2D eigenvalue weighted by Crippen LogP contribution is 2.21. The van der Waals surface area contributed by atoms with E-state index in [1.807, 2.05) is 45.0 Å². The quantitative estimate of drug-likeness (QED) is 0.827. The van der Waals surface area contributed by atoms with Crippen molar-refractivity contribution in [2.24, 2.45) is 0 Å². The van der Waals surface area contributed by atoms with Crippen molar-refractivity contribution < 1.29 is 14.3 Å². The number of hydrogen-bond donors (Lipinski definition) is 2. The van der Waals surface area contributed by atoms with E-state index in [1.165, 1.54) is 16.2 Å². The van der Waals surface area contributed by atoms with Crippen LogP contribution in [0.1, 0.15) is 32.6 Å². The smallest absolute Gasteiger partial charge is 0.279 e. The topological polar surface area (TPSA) is 67.4 Å². The minimum absolute atomic E-state index is 0.159. The van der Waals surface area contributed by atoms with Crippen LogP contribution in [-0.2, 0) is 11.2 Å². The fourth-order valence-electron chi connectivity index (χ4n) is 2.06. The number of hydrogen-bond acceptors (Lipinski definition) is 4. The Morgan fingerprint density at radius 3 is 2.61 bits per heavy atom. The van der Waals surface area contributed by atoms with E-state index in [0.717, 1.165) is 17.5 Å². The van der Waals surface area contributed by atoms with Crippen LogP contribution in [0.25, 0.3) is 0 Å². The summed E-state index contributed by atoms with van der Waals surface area (Å²) in [5, 5.41) is 0. The third kappa shape index (κ3) is 4.82. The van der Waals surface area contributed by atoms with E-state index in [-0.39, 0.29) is 12.5 Å². The van der Waals surface area contributed by atoms with Gasteiger partial charge in [0.2, 0.25) is 0 Å². The summed E-state index contributed by atoms with van der Waals surface area (Å²) < 4.78 is 5.37. The Hall–Kier alpha value is -2.34. The Balaban J connectivity index is 1.80. The molecule has 0 saturated heterocycles. The zero-order chi connectivity index (χ0) is 16.8. The summed E-state index contributed by atoms with van der Waals surface area (Å²) >= 11 is 1.44. The molecular formula is C17H20N2O3S. The number of rotatable bonds is 5. The number of carbonyl (C=O) groups excluding carboxylic acids is 2. The molecule has 23 heavy (non-hydrogen) atoms. The Morgan fingerprint density at radius 2 is 1.96 bits per heavy atom. The van der Waals surface area contributed by atoms with Gasteiger partial charge < -0.3 is 4.74 Å². The highest BCUT2D eigenvalue weighted by Gasteiger charge is 2.12. The van der Waals surface area contributed by atoms with Gasteiger partial charge in [-0.15, -0.1) is 11.3 Å². The lowest BCUT2D eigenvalue weighted by Gasteiger charge is -2.08. The molecule has 6 heteroatoms. The van der Waals surface area contributed by atoms with Crippen LogP contribution in [0.3, 0.4) is 0 Å².